The number of hydrogen-bond donors (Lipinski definition) is 3. The van der Waals surface area contributed by atoms with Gasteiger partial charge in [-0.1, -0.05) is 24.3 Å². The Kier molecular flexibility index (Phi) is 4.90. The summed E-state index contributed by atoms with van der Waals surface area (Å²) in [7, 11) is 1.84. The van der Waals surface area contributed by atoms with Gasteiger partial charge in [0.1, 0.15) is 0 Å². The highest BCUT2D eigenvalue weighted by Gasteiger charge is 2.32. The summed E-state index contributed by atoms with van der Waals surface area (Å²) >= 11 is 0. The van der Waals surface area contributed by atoms with Crippen molar-refractivity contribution in [3.05, 3.63) is 35.4 Å². The average molecular weight is 264 g/mol. The highest BCUT2D eigenvalue weighted by molar-refractivity contribution is 5.79. The normalized spacial score (nSPS) is 22.4. The molecule has 1 aromatic carbocycles. The van der Waals surface area contributed by atoms with E-state index >= 15 is 0 Å². The Morgan fingerprint density at radius 3 is 2.95 bits per heavy atom. The number of carbonyl (C=O) groups is 1. The van der Waals surface area contributed by atoms with Gasteiger partial charge in [0.15, 0.2) is 0 Å². The van der Waals surface area contributed by atoms with E-state index in [-0.39, 0.29) is 24.5 Å². The highest BCUT2D eigenvalue weighted by Crippen LogP contribution is 2.14. The van der Waals surface area contributed by atoms with Crippen LogP contribution in [-0.2, 0) is 22.7 Å². The van der Waals surface area contributed by atoms with E-state index in [1.165, 1.54) is 0 Å². The maximum absolute atomic E-state index is 12.1. The van der Waals surface area contributed by atoms with Crippen LogP contribution in [0.25, 0.3) is 0 Å². The summed E-state index contributed by atoms with van der Waals surface area (Å²) in [4.78, 5) is 12.1. The third-order valence-corrected chi connectivity index (χ3v) is 3.43. The monoisotopic (exact) mass is 264 g/mol. The molecule has 5 nitrogen and oxygen atoms in total. The first-order chi connectivity index (χ1) is 9.24. The topological polar surface area (TPSA) is 70.6 Å². The Bertz CT molecular complexity index is 436. The maximum Gasteiger partial charge on any atom is 0.227 e. The van der Waals surface area contributed by atoms with Gasteiger partial charge in [0.05, 0.1) is 25.7 Å². The van der Waals surface area contributed by atoms with E-state index in [0.717, 1.165) is 11.1 Å². The number of likely N-dealkylation sites (N-methyl/N-ethyl adjacent to an activating group) is 1. The van der Waals surface area contributed by atoms with Crippen molar-refractivity contribution in [2.45, 2.75) is 19.2 Å². The molecule has 2 unspecified atom stereocenters. The Morgan fingerprint density at radius 2 is 2.21 bits per heavy atom. The summed E-state index contributed by atoms with van der Waals surface area (Å²) in [6.45, 7) is 1.53. The van der Waals surface area contributed by atoms with E-state index in [1.807, 2.05) is 31.3 Å². The van der Waals surface area contributed by atoms with Gasteiger partial charge < -0.3 is 20.5 Å². The van der Waals surface area contributed by atoms with Gasteiger partial charge in [0.25, 0.3) is 0 Å². The standard InChI is InChI=1S/C14H20N2O3/c1-15-13-9-19-8-12(13)14(18)16-6-10-3-2-4-11(5-10)7-17/h2-5,12-13,15,17H,6-9H2,1H3,(H,16,18). The van der Waals surface area contributed by atoms with Crippen molar-refractivity contribution in [1.82, 2.24) is 10.6 Å². The minimum absolute atomic E-state index is 0.00579. The third kappa shape index (κ3) is 3.53. The van der Waals surface area contributed by atoms with Gasteiger partial charge in [0.2, 0.25) is 5.91 Å². The molecule has 1 aromatic rings. The molecule has 0 radical (unpaired) electrons. The summed E-state index contributed by atoms with van der Waals surface area (Å²) in [6.07, 6.45) is 0. The van der Waals surface area contributed by atoms with Crippen LogP contribution in [0.4, 0.5) is 0 Å². The van der Waals surface area contributed by atoms with Crippen LogP contribution in [0.1, 0.15) is 11.1 Å². The fourth-order valence-corrected chi connectivity index (χ4v) is 2.26. The lowest BCUT2D eigenvalue weighted by Gasteiger charge is -2.16. The van der Waals surface area contributed by atoms with Gasteiger partial charge in [-0.05, 0) is 18.2 Å². The summed E-state index contributed by atoms with van der Waals surface area (Å²) in [5.74, 6) is -0.128. The number of rotatable bonds is 5. The summed E-state index contributed by atoms with van der Waals surface area (Å²) < 4.78 is 5.31. The molecule has 104 valence electrons. The van der Waals surface area contributed by atoms with Gasteiger partial charge in [-0.25, -0.2) is 0 Å². The van der Waals surface area contributed by atoms with Crippen molar-refractivity contribution < 1.29 is 14.6 Å². The SMILES string of the molecule is CNC1COCC1C(=O)NCc1cccc(CO)c1. The molecule has 0 spiro atoms. The van der Waals surface area contributed by atoms with E-state index < -0.39 is 0 Å². The molecule has 1 aliphatic heterocycles. The molecule has 5 heteroatoms. The van der Waals surface area contributed by atoms with Gasteiger partial charge in [0, 0.05) is 12.6 Å². The summed E-state index contributed by atoms with van der Waals surface area (Å²) in [5.41, 5.74) is 1.84. The summed E-state index contributed by atoms with van der Waals surface area (Å²) in [6, 6.07) is 7.64. The lowest BCUT2D eigenvalue weighted by molar-refractivity contribution is -0.125. The van der Waals surface area contributed by atoms with Crippen molar-refractivity contribution >= 4 is 5.91 Å². The third-order valence-electron chi connectivity index (χ3n) is 3.43. The van der Waals surface area contributed by atoms with Crippen LogP contribution in [0, 0.1) is 5.92 Å². The maximum atomic E-state index is 12.1. The van der Waals surface area contributed by atoms with Gasteiger partial charge in [-0.3, -0.25) is 4.79 Å². The van der Waals surface area contributed by atoms with Gasteiger partial charge >= 0.3 is 0 Å². The molecule has 19 heavy (non-hydrogen) atoms. The molecule has 1 saturated heterocycles. The van der Waals surface area contributed by atoms with E-state index in [0.29, 0.717) is 19.8 Å². The molecule has 2 atom stereocenters. The zero-order chi connectivity index (χ0) is 13.7. The number of nitrogens with one attached hydrogen (secondary N) is 2. The van der Waals surface area contributed by atoms with Crippen molar-refractivity contribution in [3.63, 3.8) is 0 Å². The number of aliphatic hydroxyl groups is 1. The molecule has 1 aliphatic rings. The molecule has 0 bridgehead atoms. The first-order valence-corrected chi connectivity index (χ1v) is 6.46. The van der Waals surface area contributed by atoms with Crippen LogP contribution in [0.15, 0.2) is 24.3 Å². The summed E-state index contributed by atoms with van der Waals surface area (Å²) in [5, 5.41) is 15.1. The fraction of sp³-hybridized carbons (Fsp3) is 0.500. The molecule has 3 N–H and O–H groups in total. The molecule has 0 aromatic heterocycles. The Balaban J connectivity index is 1.89. The predicted octanol–water partition coefficient (Wildman–Crippen LogP) is 0.0295. The number of benzene rings is 1. The van der Waals surface area contributed by atoms with E-state index in [2.05, 4.69) is 10.6 Å². The fourth-order valence-electron chi connectivity index (χ4n) is 2.26. The van der Waals surface area contributed by atoms with E-state index in [4.69, 9.17) is 9.84 Å². The van der Waals surface area contributed by atoms with Gasteiger partial charge in [-0.15, -0.1) is 0 Å². The van der Waals surface area contributed by atoms with Crippen LogP contribution < -0.4 is 10.6 Å². The molecule has 0 aliphatic carbocycles. The lowest BCUT2D eigenvalue weighted by Crippen LogP contribution is -2.42. The number of carbonyl (C=O) groups excluding carboxylic acids is 1. The van der Waals surface area contributed by atoms with Crippen molar-refractivity contribution in [2.75, 3.05) is 20.3 Å². The minimum atomic E-state index is -0.133. The minimum Gasteiger partial charge on any atom is -0.392 e. The Labute approximate surface area is 113 Å². The largest absolute Gasteiger partial charge is 0.392 e. The van der Waals surface area contributed by atoms with Crippen molar-refractivity contribution in [1.29, 1.82) is 0 Å². The molecule has 1 amide bonds. The Hall–Kier alpha value is -1.43. The zero-order valence-corrected chi connectivity index (χ0v) is 11.1. The second-order valence-electron chi connectivity index (χ2n) is 4.73. The first kappa shape index (κ1) is 14.0. The molecular formula is C14H20N2O3. The second-order valence-corrected chi connectivity index (χ2v) is 4.73. The number of aliphatic hydroxyl groups excluding tert-OH is 1. The predicted molar refractivity (Wildman–Crippen MR) is 71.4 cm³/mol. The number of ether oxygens (including phenoxy) is 1. The highest BCUT2D eigenvalue weighted by atomic mass is 16.5. The molecule has 1 heterocycles. The zero-order valence-electron chi connectivity index (χ0n) is 11.1. The molecule has 1 fully saturated rings. The van der Waals surface area contributed by atoms with Crippen LogP contribution in [-0.4, -0.2) is 37.3 Å². The second kappa shape index (κ2) is 6.65. The molecular weight excluding hydrogens is 244 g/mol. The average Bonchev–Trinajstić information content (AvgIpc) is 2.93. The number of hydrogen-bond acceptors (Lipinski definition) is 4. The Morgan fingerprint density at radius 1 is 1.42 bits per heavy atom. The number of amides is 1. The lowest BCUT2D eigenvalue weighted by atomic mass is 10.0. The smallest absolute Gasteiger partial charge is 0.227 e. The van der Waals surface area contributed by atoms with Crippen molar-refractivity contribution in [3.8, 4) is 0 Å². The van der Waals surface area contributed by atoms with Crippen LogP contribution in [0.3, 0.4) is 0 Å². The first-order valence-electron chi connectivity index (χ1n) is 6.46. The van der Waals surface area contributed by atoms with Gasteiger partial charge in [-0.2, -0.15) is 0 Å². The van der Waals surface area contributed by atoms with Crippen molar-refractivity contribution in [2.24, 2.45) is 5.92 Å². The quantitative estimate of drug-likeness (QED) is 0.702. The van der Waals surface area contributed by atoms with E-state index in [1.54, 1.807) is 0 Å². The molecule has 0 saturated carbocycles. The van der Waals surface area contributed by atoms with Crippen LogP contribution in [0.2, 0.25) is 0 Å². The molecule has 2 rings (SSSR count). The van der Waals surface area contributed by atoms with Crippen LogP contribution in [0.5, 0.6) is 0 Å². The van der Waals surface area contributed by atoms with E-state index in [9.17, 15) is 4.79 Å². The van der Waals surface area contributed by atoms with Crippen LogP contribution >= 0.6 is 0 Å².